The Bertz CT molecular complexity index is 752. The highest BCUT2D eigenvalue weighted by Gasteiger charge is 2.11. The molecule has 2 rings (SSSR count). The fourth-order valence-electron chi connectivity index (χ4n) is 2.09. The average molecular weight is 384 g/mol. The SMILES string of the molecule is COc1cc(CNC(C)C(=O)O)ccc1OCc1ccc(Cl)cc1Cl. The van der Waals surface area contributed by atoms with Crippen LogP contribution in [0.25, 0.3) is 0 Å². The smallest absolute Gasteiger partial charge is 0.320 e. The second kappa shape index (κ2) is 8.94. The number of benzene rings is 2. The van der Waals surface area contributed by atoms with Crippen LogP contribution in [0, 0.1) is 0 Å². The number of hydrogen-bond acceptors (Lipinski definition) is 4. The van der Waals surface area contributed by atoms with Crippen molar-refractivity contribution in [2.24, 2.45) is 0 Å². The van der Waals surface area contributed by atoms with E-state index < -0.39 is 12.0 Å². The molecule has 2 N–H and O–H groups in total. The van der Waals surface area contributed by atoms with Crippen molar-refractivity contribution in [1.82, 2.24) is 5.32 Å². The number of nitrogens with one attached hydrogen (secondary N) is 1. The summed E-state index contributed by atoms with van der Waals surface area (Å²) in [5.41, 5.74) is 1.70. The van der Waals surface area contributed by atoms with Crippen molar-refractivity contribution in [3.8, 4) is 11.5 Å². The monoisotopic (exact) mass is 383 g/mol. The molecular formula is C18H19Cl2NO4. The minimum absolute atomic E-state index is 0.278. The minimum atomic E-state index is -0.897. The molecule has 134 valence electrons. The third-order valence-corrected chi connectivity index (χ3v) is 4.20. The zero-order valence-corrected chi connectivity index (χ0v) is 15.4. The van der Waals surface area contributed by atoms with E-state index >= 15 is 0 Å². The molecule has 0 fully saturated rings. The molecule has 0 radical (unpaired) electrons. The van der Waals surface area contributed by atoms with E-state index in [0.29, 0.717) is 28.1 Å². The molecule has 7 heteroatoms. The molecule has 5 nitrogen and oxygen atoms in total. The van der Waals surface area contributed by atoms with E-state index in [2.05, 4.69) is 5.32 Å². The van der Waals surface area contributed by atoms with Gasteiger partial charge in [-0.15, -0.1) is 0 Å². The Balaban J connectivity index is 2.04. The molecule has 0 amide bonds. The van der Waals surface area contributed by atoms with Crippen LogP contribution in [-0.2, 0) is 17.9 Å². The number of rotatable bonds is 8. The van der Waals surface area contributed by atoms with Crippen molar-refractivity contribution in [3.05, 3.63) is 57.6 Å². The van der Waals surface area contributed by atoms with E-state index in [1.54, 1.807) is 38.3 Å². The first-order chi connectivity index (χ1) is 11.9. The molecule has 0 aliphatic carbocycles. The summed E-state index contributed by atoms with van der Waals surface area (Å²) in [6.07, 6.45) is 0. The molecule has 2 aromatic carbocycles. The van der Waals surface area contributed by atoms with Crippen molar-refractivity contribution >= 4 is 29.2 Å². The first kappa shape index (κ1) is 19.4. The second-order valence-corrected chi connectivity index (χ2v) is 6.29. The Kier molecular flexibility index (Phi) is 6.93. The maximum absolute atomic E-state index is 10.8. The average Bonchev–Trinajstić information content (AvgIpc) is 2.59. The number of carboxylic acids is 1. The van der Waals surface area contributed by atoms with Gasteiger partial charge in [0.25, 0.3) is 0 Å². The van der Waals surface area contributed by atoms with Gasteiger partial charge in [0, 0.05) is 22.2 Å². The number of halogens is 2. The largest absolute Gasteiger partial charge is 0.493 e. The normalized spacial score (nSPS) is 11.8. The molecule has 0 saturated carbocycles. The second-order valence-electron chi connectivity index (χ2n) is 5.45. The molecule has 0 aliphatic heterocycles. The highest BCUT2D eigenvalue weighted by molar-refractivity contribution is 6.35. The topological polar surface area (TPSA) is 67.8 Å². The molecule has 0 heterocycles. The summed E-state index contributed by atoms with van der Waals surface area (Å²) in [6, 6.07) is 10.0. The summed E-state index contributed by atoms with van der Waals surface area (Å²) < 4.78 is 11.1. The van der Waals surface area contributed by atoms with Gasteiger partial charge in [-0.3, -0.25) is 4.79 Å². The number of hydrogen-bond donors (Lipinski definition) is 2. The van der Waals surface area contributed by atoms with Gasteiger partial charge in [-0.1, -0.05) is 35.3 Å². The van der Waals surface area contributed by atoms with E-state index in [9.17, 15) is 4.79 Å². The first-order valence-electron chi connectivity index (χ1n) is 7.60. The fraction of sp³-hybridized carbons (Fsp3) is 0.278. The van der Waals surface area contributed by atoms with E-state index in [-0.39, 0.29) is 6.61 Å². The van der Waals surface area contributed by atoms with Crippen molar-refractivity contribution in [2.45, 2.75) is 26.1 Å². The van der Waals surface area contributed by atoms with Gasteiger partial charge < -0.3 is 19.9 Å². The lowest BCUT2D eigenvalue weighted by molar-refractivity contribution is -0.139. The molecule has 0 bridgehead atoms. The molecule has 0 aromatic heterocycles. The van der Waals surface area contributed by atoms with E-state index in [4.69, 9.17) is 37.8 Å². The molecule has 2 aromatic rings. The van der Waals surface area contributed by atoms with Gasteiger partial charge in [-0.2, -0.15) is 0 Å². The van der Waals surface area contributed by atoms with Crippen LogP contribution >= 0.6 is 23.2 Å². The fourth-order valence-corrected chi connectivity index (χ4v) is 2.56. The van der Waals surface area contributed by atoms with Crippen molar-refractivity contribution < 1.29 is 19.4 Å². The predicted molar refractivity (Wildman–Crippen MR) is 97.7 cm³/mol. The van der Waals surface area contributed by atoms with Crippen molar-refractivity contribution in [1.29, 1.82) is 0 Å². The van der Waals surface area contributed by atoms with Gasteiger partial charge in [0.1, 0.15) is 12.6 Å². The summed E-state index contributed by atoms with van der Waals surface area (Å²) in [7, 11) is 1.55. The molecular weight excluding hydrogens is 365 g/mol. The van der Waals surface area contributed by atoms with Crippen LogP contribution in [0.4, 0.5) is 0 Å². The predicted octanol–water partition coefficient (Wildman–Crippen LogP) is 4.14. The first-order valence-corrected chi connectivity index (χ1v) is 8.36. The maximum atomic E-state index is 10.8. The van der Waals surface area contributed by atoms with Gasteiger partial charge in [-0.25, -0.2) is 0 Å². The summed E-state index contributed by atoms with van der Waals surface area (Å²) >= 11 is 12.0. The third-order valence-electron chi connectivity index (χ3n) is 3.61. The number of aliphatic carboxylic acids is 1. The van der Waals surface area contributed by atoms with E-state index in [0.717, 1.165) is 11.1 Å². The van der Waals surface area contributed by atoms with Crippen molar-refractivity contribution in [3.63, 3.8) is 0 Å². The number of carboxylic acid groups (broad SMARTS) is 1. The Morgan fingerprint density at radius 2 is 1.96 bits per heavy atom. The number of ether oxygens (including phenoxy) is 2. The molecule has 0 aliphatic rings. The third kappa shape index (κ3) is 5.53. The van der Waals surface area contributed by atoms with Gasteiger partial charge >= 0.3 is 5.97 Å². The molecule has 1 atom stereocenters. The summed E-state index contributed by atoms with van der Waals surface area (Å²) in [5.74, 6) is 0.239. The molecule has 0 spiro atoms. The van der Waals surface area contributed by atoms with Gasteiger partial charge in [0.15, 0.2) is 11.5 Å². The lowest BCUT2D eigenvalue weighted by Crippen LogP contribution is -2.33. The Labute approximate surface area is 156 Å². The van der Waals surface area contributed by atoms with Crippen LogP contribution in [0.5, 0.6) is 11.5 Å². The van der Waals surface area contributed by atoms with Crippen molar-refractivity contribution in [2.75, 3.05) is 7.11 Å². The van der Waals surface area contributed by atoms with Gasteiger partial charge in [0.2, 0.25) is 0 Å². The maximum Gasteiger partial charge on any atom is 0.320 e. The number of methoxy groups -OCH3 is 1. The van der Waals surface area contributed by atoms with E-state index in [1.165, 1.54) is 0 Å². The zero-order valence-electron chi connectivity index (χ0n) is 13.9. The van der Waals surface area contributed by atoms with Gasteiger partial charge in [0.05, 0.1) is 7.11 Å². The van der Waals surface area contributed by atoms with Crippen LogP contribution in [0.15, 0.2) is 36.4 Å². The zero-order chi connectivity index (χ0) is 18.4. The summed E-state index contributed by atoms with van der Waals surface area (Å²) in [6.45, 7) is 2.28. The van der Waals surface area contributed by atoms with Crippen LogP contribution in [-0.4, -0.2) is 24.2 Å². The van der Waals surface area contributed by atoms with Crippen LogP contribution in [0.3, 0.4) is 0 Å². The Morgan fingerprint density at radius 1 is 1.20 bits per heavy atom. The van der Waals surface area contributed by atoms with Gasteiger partial charge in [-0.05, 0) is 36.8 Å². The molecule has 0 saturated heterocycles. The summed E-state index contributed by atoms with van der Waals surface area (Å²) in [5, 5.41) is 12.9. The lowest BCUT2D eigenvalue weighted by atomic mass is 10.2. The molecule has 25 heavy (non-hydrogen) atoms. The molecule has 1 unspecified atom stereocenters. The van der Waals surface area contributed by atoms with Crippen LogP contribution in [0.2, 0.25) is 10.0 Å². The minimum Gasteiger partial charge on any atom is -0.493 e. The standard InChI is InChI=1S/C18H19Cl2NO4/c1-11(18(22)23)21-9-12-3-6-16(17(7-12)24-2)25-10-13-4-5-14(19)8-15(13)20/h3-8,11,21H,9-10H2,1-2H3,(H,22,23). The quantitative estimate of drug-likeness (QED) is 0.716. The Morgan fingerprint density at radius 3 is 2.60 bits per heavy atom. The Hall–Kier alpha value is -1.95. The summed E-state index contributed by atoms with van der Waals surface area (Å²) in [4.78, 5) is 10.8. The van der Waals surface area contributed by atoms with Crippen LogP contribution in [0.1, 0.15) is 18.1 Å². The lowest BCUT2D eigenvalue weighted by Gasteiger charge is -2.14. The van der Waals surface area contributed by atoms with Crippen LogP contribution < -0.4 is 14.8 Å². The van der Waals surface area contributed by atoms with E-state index in [1.807, 2.05) is 12.1 Å². The highest BCUT2D eigenvalue weighted by atomic mass is 35.5. The number of carbonyl (C=O) groups is 1. The highest BCUT2D eigenvalue weighted by Crippen LogP contribution is 2.30.